The summed E-state index contributed by atoms with van der Waals surface area (Å²) >= 11 is 0. The average molecular weight is 466 g/mol. The number of alkyl halides is 1. The Morgan fingerprint density at radius 3 is 2.59 bits per heavy atom. The van der Waals surface area contributed by atoms with Crippen molar-refractivity contribution >= 4 is 34.2 Å². The van der Waals surface area contributed by atoms with Crippen LogP contribution in [0.25, 0.3) is 10.8 Å². The van der Waals surface area contributed by atoms with Gasteiger partial charge in [-0.1, -0.05) is 13.8 Å². The lowest BCUT2D eigenvalue weighted by Gasteiger charge is -2.38. The second kappa shape index (κ2) is 8.94. The number of piperidine rings is 1. The second-order valence-corrected chi connectivity index (χ2v) is 9.87. The van der Waals surface area contributed by atoms with Crippen LogP contribution >= 0.6 is 0 Å². The van der Waals surface area contributed by atoms with Gasteiger partial charge in [-0.3, -0.25) is 0 Å². The smallest absolute Gasteiger partial charge is 0.227 e. The molecule has 5 rings (SSSR count). The van der Waals surface area contributed by atoms with E-state index in [4.69, 9.17) is 4.98 Å². The van der Waals surface area contributed by atoms with Crippen LogP contribution in [0.15, 0.2) is 30.7 Å². The Labute approximate surface area is 199 Å². The zero-order chi connectivity index (χ0) is 23.9. The van der Waals surface area contributed by atoms with Gasteiger partial charge >= 0.3 is 0 Å². The maximum atomic E-state index is 14.7. The molecule has 0 aliphatic carbocycles. The van der Waals surface area contributed by atoms with Crippen molar-refractivity contribution in [1.82, 2.24) is 19.9 Å². The van der Waals surface area contributed by atoms with E-state index in [0.717, 1.165) is 29.7 Å². The number of nitrogens with one attached hydrogen (secondary N) is 1. The molecular formula is C25H32FN7O. The summed E-state index contributed by atoms with van der Waals surface area (Å²) in [6.07, 6.45) is 7.29. The highest BCUT2D eigenvalue weighted by atomic mass is 19.1. The van der Waals surface area contributed by atoms with E-state index in [1.165, 1.54) is 25.3 Å². The van der Waals surface area contributed by atoms with Crippen LogP contribution in [0.3, 0.4) is 0 Å². The van der Waals surface area contributed by atoms with E-state index < -0.39 is 11.8 Å². The van der Waals surface area contributed by atoms with E-state index in [2.05, 4.69) is 45.1 Å². The van der Waals surface area contributed by atoms with E-state index in [1.54, 1.807) is 17.2 Å². The number of aromatic nitrogens is 4. The van der Waals surface area contributed by atoms with Gasteiger partial charge in [-0.25, -0.2) is 19.3 Å². The lowest BCUT2D eigenvalue weighted by molar-refractivity contribution is -0.00860. The van der Waals surface area contributed by atoms with Gasteiger partial charge in [-0.2, -0.15) is 4.98 Å². The zero-order valence-corrected chi connectivity index (χ0v) is 20.0. The molecule has 34 heavy (non-hydrogen) atoms. The van der Waals surface area contributed by atoms with Crippen molar-refractivity contribution in [2.75, 3.05) is 41.3 Å². The predicted molar refractivity (Wildman–Crippen MR) is 133 cm³/mol. The van der Waals surface area contributed by atoms with Gasteiger partial charge in [0.25, 0.3) is 0 Å². The zero-order valence-electron chi connectivity index (χ0n) is 20.0. The van der Waals surface area contributed by atoms with Crippen molar-refractivity contribution in [2.45, 2.75) is 57.7 Å². The Kier molecular flexibility index (Phi) is 5.97. The maximum absolute atomic E-state index is 14.7. The summed E-state index contributed by atoms with van der Waals surface area (Å²) in [4.78, 5) is 22.5. The lowest BCUT2D eigenvalue weighted by Crippen LogP contribution is -2.52. The highest BCUT2D eigenvalue weighted by molar-refractivity contribution is 5.95. The molecule has 2 atom stereocenters. The molecule has 0 saturated carbocycles. The van der Waals surface area contributed by atoms with E-state index in [9.17, 15) is 9.50 Å². The van der Waals surface area contributed by atoms with Crippen LogP contribution < -0.4 is 15.1 Å². The Morgan fingerprint density at radius 1 is 1.06 bits per heavy atom. The molecule has 0 bridgehead atoms. The first kappa shape index (κ1) is 22.7. The van der Waals surface area contributed by atoms with Crippen LogP contribution in [0.2, 0.25) is 0 Å². The minimum absolute atomic E-state index is 0.0515. The highest BCUT2D eigenvalue weighted by Gasteiger charge is 2.39. The normalized spacial score (nSPS) is 23.2. The molecule has 3 aromatic rings. The molecule has 0 spiro atoms. The number of anilines is 4. The first-order chi connectivity index (χ1) is 16.3. The molecule has 8 nitrogen and oxygen atoms in total. The number of fused-ring (bicyclic) bond motifs is 1. The van der Waals surface area contributed by atoms with Crippen molar-refractivity contribution in [2.24, 2.45) is 0 Å². The summed E-state index contributed by atoms with van der Waals surface area (Å²) in [6, 6.07) is 3.83. The van der Waals surface area contributed by atoms with Crippen LogP contribution in [-0.2, 0) is 0 Å². The summed E-state index contributed by atoms with van der Waals surface area (Å²) in [5.74, 6) is 3.03. The fraction of sp³-hybridized carbons (Fsp3) is 0.520. The topological polar surface area (TPSA) is 90.3 Å². The Morgan fingerprint density at radius 2 is 1.85 bits per heavy atom. The molecule has 0 aromatic carbocycles. The van der Waals surface area contributed by atoms with Crippen LogP contribution in [0.5, 0.6) is 0 Å². The SMILES string of the molecule is CC(C)c1cnc(N2CCCC2)c2cnc(Nc3ccnc(N4CC[C@@H](O)[C@@](C)(F)C4)n3)cc12. The van der Waals surface area contributed by atoms with E-state index in [0.29, 0.717) is 36.5 Å². The highest BCUT2D eigenvalue weighted by Crippen LogP contribution is 2.34. The number of aliphatic hydroxyl groups is 1. The molecule has 2 aliphatic rings. The third-order valence-electron chi connectivity index (χ3n) is 6.86. The average Bonchev–Trinajstić information content (AvgIpc) is 3.35. The van der Waals surface area contributed by atoms with Crippen LogP contribution in [0, 0.1) is 0 Å². The largest absolute Gasteiger partial charge is 0.390 e. The lowest BCUT2D eigenvalue weighted by atomic mass is 9.94. The molecule has 2 saturated heterocycles. The summed E-state index contributed by atoms with van der Waals surface area (Å²) in [5, 5.41) is 15.4. The molecule has 2 aliphatic heterocycles. The Balaban J connectivity index is 1.44. The predicted octanol–water partition coefficient (Wildman–Crippen LogP) is 4.19. The van der Waals surface area contributed by atoms with E-state index in [1.807, 2.05) is 12.4 Å². The number of rotatable bonds is 5. The number of halogens is 1. The molecule has 5 heterocycles. The van der Waals surface area contributed by atoms with Crippen molar-refractivity contribution in [3.05, 3.63) is 36.3 Å². The number of pyridine rings is 2. The minimum Gasteiger partial charge on any atom is -0.390 e. The molecule has 3 aromatic heterocycles. The van der Waals surface area contributed by atoms with Crippen LogP contribution in [0.1, 0.15) is 51.5 Å². The molecule has 180 valence electrons. The summed E-state index contributed by atoms with van der Waals surface area (Å²) in [6.45, 7) is 8.37. The summed E-state index contributed by atoms with van der Waals surface area (Å²) < 4.78 is 14.7. The maximum Gasteiger partial charge on any atom is 0.227 e. The number of nitrogens with zero attached hydrogens (tertiary/aromatic N) is 6. The van der Waals surface area contributed by atoms with Crippen molar-refractivity contribution in [3.63, 3.8) is 0 Å². The summed E-state index contributed by atoms with van der Waals surface area (Å²) in [5.41, 5.74) is -0.514. The number of hydrogen-bond donors (Lipinski definition) is 2. The third kappa shape index (κ3) is 4.36. The third-order valence-corrected chi connectivity index (χ3v) is 6.86. The number of hydrogen-bond acceptors (Lipinski definition) is 8. The number of aliphatic hydroxyl groups excluding tert-OH is 1. The van der Waals surface area contributed by atoms with Crippen molar-refractivity contribution in [3.8, 4) is 0 Å². The molecule has 2 N–H and O–H groups in total. The van der Waals surface area contributed by atoms with Gasteiger partial charge < -0.3 is 20.2 Å². The molecular weight excluding hydrogens is 433 g/mol. The minimum atomic E-state index is -1.70. The van der Waals surface area contributed by atoms with Crippen LogP contribution in [-0.4, -0.2) is 63.0 Å². The fourth-order valence-electron chi connectivity index (χ4n) is 4.86. The molecule has 2 fully saturated rings. The monoisotopic (exact) mass is 465 g/mol. The van der Waals surface area contributed by atoms with Crippen molar-refractivity contribution in [1.29, 1.82) is 0 Å². The first-order valence-corrected chi connectivity index (χ1v) is 12.1. The van der Waals surface area contributed by atoms with Gasteiger partial charge in [-0.05, 0) is 55.2 Å². The quantitative estimate of drug-likeness (QED) is 0.580. The second-order valence-electron chi connectivity index (χ2n) is 9.87. The Bertz CT molecular complexity index is 1180. The van der Waals surface area contributed by atoms with Gasteiger partial charge in [0.15, 0.2) is 5.67 Å². The van der Waals surface area contributed by atoms with Gasteiger partial charge in [0, 0.05) is 43.6 Å². The summed E-state index contributed by atoms with van der Waals surface area (Å²) in [7, 11) is 0. The van der Waals surface area contributed by atoms with Gasteiger partial charge in [0.2, 0.25) is 5.95 Å². The molecule has 0 unspecified atom stereocenters. The molecule has 9 heteroatoms. The van der Waals surface area contributed by atoms with Crippen molar-refractivity contribution < 1.29 is 9.50 Å². The van der Waals surface area contributed by atoms with Crippen LogP contribution in [0.4, 0.5) is 27.8 Å². The van der Waals surface area contributed by atoms with Gasteiger partial charge in [0.05, 0.1) is 12.6 Å². The van der Waals surface area contributed by atoms with Gasteiger partial charge in [-0.15, -0.1) is 0 Å². The fourth-order valence-corrected chi connectivity index (χ4v) is 4.86. The first-order valence-electron chi connectivity index (χ1n) is 12.1. The Hall–Kier alpha value is -3.07. The van der Waals surface area contributed by atoms with E-state index >= 15 is 0 Å². The molecule has 0 amide bonds. The van der Waals surface area contributed by atoms with E-state index in [-0.39, 0.29) is 6.54 Å². The van der Waals surface area contributed by atoms with Gasteiger partial charge in [0.1, 0.15) is 17.5 Å². The standard InChI is InChI=1S/C25H32FN7O/c1-16(2)18-13-29-23(32-9-4-5-10-32)19-14-28-22(12-17(18)19)30-21-6-8-27-24(31-21)33-11-7-20(34)25(3,26)15-33/h6,8,12-14,16,20,34H,4-5,7,9-11,15H2,1-3H3,(H,27,28,30,31)/t20-,25+/m1/s1. The molecule has 0 radical (unpaired) electrons.